The Kier molecular flexibility index (Phi) is 4.30. The zero-order valence-electron chi connectivity index (χ0n) is 9.53. The first-order chi connectivity index (χ1) is 8.99. The number of carbonyl (C=O) groups is 1. The van der Waals surface area contributed by atoms with Crippen LogP contribution in [0.2, 0.25) is 15.1 Å². The molecule has 2 rings (SSSR count). The van der Waals surface area contributed by atoms with Crippen LogP contribution in [0, 0.1) is 0 Å². The topological polar surface area (TPSA) is 50.2 Å². The van der Waals surface area contributed by atoms with E-state index in [1.165, 1.54) is 0 Å². The van der Waals surface area contributed by atoms with E-state index in [1.807, 2.05) is 0 Å². The highest BCUT2D eigenvalue weighted by Gasteiger charge is 2.12. The third-order valence-electron chi connectivity index (χ3n) is 2.45. The van der Waals surface area contributed by atoms with E-state index in [4.69, 9.17) is 39.9 Å². The van der Waals surface area contributed by atoms with E-state index in [0.29, 0.717) is 27.0 Å². The summed E-state index contributed by atoms with van der Waals surface area (Å²) in [5.41, 5.74) is 1.62. The lowest BCUT2D eigenvalue weighted by Gasteiger charge is -2.07. The number of hydrogen-bond acceptors (Lipinski definition) is 2. The molecular formula is C13H8Cl3NO2. The molecule has 3 nitrogen and oxygen atoms in total. The van der Waals surface area contributed by atoms with Crippen molar-refractivity contribution in [2.45, 2.75) is 6.42 Å². The van der Waals surface area contributed by atoms with Gasteiger partial charge in [-0.1, -0.05) is 40.9 Å². The lowest BCUT2D eigenvalue weighted by atomic mass is 10.1. The van der Waals surface area contributed by atoms with Crippen LogP contribution in [0.5, 0.6) is 0 Å². The maximum atomic E-state index is 10.7. The summed E-state index contributed by atoms with van der Waals surface area (Å²) < 4.78 is 0. The molecular weight excluding hydrogens is 309 g/mol. The number of carboxylic acids is 1. The second-order valence-electron chi connectivity index (χ2n) is 3.81. The summed E-state index contributed by atoms with van der Waals surface area (Å²) in [6, 6.07) is 8.42. The molecule has 0 saturated heterocycles. The van der Waals surface area contributed by atoms with Crippen LogP contribution in [0.3, 0.4) is 0 Å². The van der Waals surface area contributed by atoms with Gasteiger partial charge in [-0.25, -0.2) is 0 Å². The van der Waals surface area contributed by atoms with Gasteiger partial charge in [-0.2, -0.15) is 0 Å². The fourth-order valence-electron chi connectivity index (χ4n) is 1.61. The van der Waals surface area contributed by atoms with Crippen molar-refractivity contribution < 1.29 is 9.90 Å². The van der Waals surface area contributed by atoms with Crippen LogP contribution >= 0.6 is 34.8 Å². The number of rotatable bonds is 3. The van der Waals surface area contributed by atoms with Gasteiger partial charge < -0.3 is 5.11 Å². The second-order valence-corrected chi connectivity index (χ2v) is 4.97. The number of aromatic nitrogens is 1. The standard InChI is InChI=1S/C13H8Cl3NO2/c14-9-5-4-8(12(15)13(9)16)10-3-1-2-7(17-10)6-11(18)19/h1-5H,6H2,(H,18,19). The second kappa shape index (κ2) is 5.78. The molecule has 1 N–H and O–H groups in total. The molecule has 6 heteroatoms. The Hall–Kier alpha value is -1.29. The summed E-state index contributed by atoms with van der Waals surface area (Å²) in [4.78, 5) is 14.9. The van der Waals surface area contributed by atoms with E-state index in [2.05, 4.69) is 4.98 Å². The smallest absolute Gasteiger partial charge is 0.309 e. The summed E-state index contributed by atoms with van der Waals surface area (Å²) in [5, 5.41) is 9.67. The fourth-order valence-corrected chi connectivity index (χ4v) is 2.24. The van der Waals surface area contributed by atoms with Crippen LogP contribution < -0.4 is 0 Å². The van der Waals surface area contributed by atoms with Crippen molar-refractivity contribution in [2.75, 3.05) is 0 Å². The minimum atomic E-state index is -0.940. The monoisotopic (exact) mass is 315 g/mol. The van der Waals surface area contributed by atoms with Crippen LogP contribution in [0.25, 0.3) is 11.3 Å². The zero-order chi connectivity index (χ0) is 14.0. The molecule has 0 atom stereocenters. The van der Waals surface area contributed by atoms with Crippen molar-refractivity contribution >= 4 is 40.8 Å². The van der Waals surface area contributed by atoms with Gasteiger partial charge in [0.1, 0.15) is 0 Å². The largest absolute Gasteiger partial charge is 0.481 e. The van der Waals surface area contributed by atoms with Crippen molar-refractivity contribution in [1.29, 1.82) is 0 Å². The minimum Gasteiger partial charge on any atom is -0.481 e. The van der Waals surface area contributed by atoms with Gasteiger partial charge in [0, 0.05) is 5.56 Å². The first-order valence-electron chi connectivity index (χ1n) is 5.30. The molecule has 0 radical (unpaired) electrons. The first kappa shape index (κ1) is 14.1. The normalized spacial score (nSPS) is 10.5. The van der Waals surface area contributed by atoms with Gasteiger partial charge in [-0.15, -0.1) is 0 Å². The van der Waals surface area contributed by atoms with Gasteiger partial charge >= 0.3 is 5.97 Å². The highest BCUT2D eigenvalue weighted by Crippen LogP contribution is 2.37. The fraction of sp³-hybridized carbons (Fsp3) is 0.0769. The van der Waals surface area contributed by atoms with E-state index >= 15 is 0 Å². The van der Waals surface area contributed by atoms with Crippen molar-refractivity contribution in [2.24, 2.45) is 0 Å². The van der Waals surface area contributed by atoms with Gasteiger partial charge in [0.2, 0.25) is 0 Å². The zero-order valence-corrected chi connectivity index (χ0v) is 11.8. The lowest BCUT2D eigenvalue weighted by Crippen LogP contribution is -2.02. The average molecular weight is 317 g/mol. The van der Waals surface area contributed by atoms with Gasteiger partial charge in [-0.05, 0) is 24.3 Å². The molecule has 0 spiro atoms. The average Bonchev–Trinajstić information content (AvgIpc) is 2.36. The molecule has 0 aliphatic carbocycles. The number of nitrogens with zero attached hydrogens (tertiary/aromatic N) is 1. The van der Waals surface area contributed by atoms with Crippen LogP contribution in [-0.2, 0) is 11.2 Å². The SMILES string of the molecule is O=C(O)Cc1cccc(-c2ccc(Cl)c(Cl)c2Cl)n1. The van der Waals surface area contributed by atoms with Crippen LogP contribution in [0.4, 0.5) is 0 Å². The van der Waals surface area contributed by atoms with Crippen LogP contribution in [0.1, 0.15) is 5.69 Å². The van der Waals surface area contributed by atoms with E-state index in [-0.39, 0.29) is 11.4 Å². The lowest BCUT2D eigenvalue weighted by molar-refractivity contribution is -0.136. The van der Waals surface area contributed by atoms with E-state index < -0.39 is 5.97 Å². The Morgan fingerprint density at radius 1 is 1.11 bits per heavy atom. The molecule has 0 bridgehead atoms. The summed E-state index contributed by atoms with van der Waals surface area (Å²) in [6.07, 6.45) is -0.146. The van der Waals surface area contributed by atoms with Crippen molar-refractivity contribution in [3.63, 3.8) is 0 Å². The third kappa shape index (κ3) is 3.18. The summed E-state index contributed by atoms with van der Waals surface area (Å²) in [6.45, 7) is 0. The number of halogens is 3. The van der Waals surface area contributed by atoms with E-state index in [1.54, 1.807) is 30.3 Å². The summed E-state index contributed by atoms with van der Waals surface area (Å²) >= 11 is 17.9. The molecule has 1 aromatic carbocycles. The highest BCUT2D eigenvalue weighted by molar-refractivity contribution is 6.49. The van der Waals surface area contributed by atoms with Crippen molar-refractivity contribution in [1.82, 2.24) is 4.98 Å². The quantitative estimate of drug-likeness (QED) is 0.857. The molecule has 1 heterocycles. The van der Waals surface area contributed by atoms with Crippen molar-refractivity contribution in [3.05, 3.63) is 51.1 Å². The molecule has 0 saturated carbocycles. The first-order valence-corrected chi connectivity index (χ1v) is 6.44. The van der Waals surface area contributed by atoms with Crippen LogP contribution in [-0.4, -0.2) is 16.1 Å². The Morgan fingerprint density at radius 2 is 1.84 bits per heavy atom. The van der Waals surface area contributed by atoms with Gasteiger partial charge in [0.05, 0.1) is 32.9 Å². The Bertz CT molecular complexity index is 644. The number of pyridine rings is 1. The number of benzene rings is 1. The van der Waals surface area contributed by atoms with E-state index in [0.717, 1.165) is 0 Å². The highest BCUT2D eigenvalue weighted by atomic mass is 35.5. The number of hydrogen-bond donors (Lipinski definition) is 1. The molecule has 0 aliphatic heterocycles. The van der Waals surface area contributed by atoms with E-state index in [9.17, 15) is 4.79 Å². The summed E-state index contributed by atoms with van der Waals surface area (Å²) in [5.74, 6) is -0.940. The Balaban J connectivity index is 2.47. The number of carboxylic acid groups (broad SMARTS) is 1. The molecule has 1 aromatic heterocycles. The summed E-state index contributed by atoms with van der Waals surface area (Å²) in [7, 11) is 0. The van der Waals surface area contributed by atoms with Gasteiger partial charge in [0.15, 0.2) is 0 Å². The molecule has 98 valence electrons. The maximum absolute atomic E-state index is 10.7. The molecule has 19 heavy (non-hydrogen) atoms. The van der Waals surface area contributed by atoms with Crippen molar-refractivity contribution in [3.8, 4) is 11.3 Å². The Labute approximate surface area is 124 Å². The third-order valence-corrected chi connectivity index (χ3v) is 3.74. The molecule has 0 unspecified atom stereocenters. The molecule has 0 fully saturated rings. The van der Waals surface area contributed by atoms with Crippen LogP contribution in [0.15, 0.2) is 30.3 Å². The molecule has 2 aromatic rings. The van der Waals surface area contributed by atoms with Gasteiger partial charge in [-0.3, -0.25) is 9.78 Å². The molecule has 0 amide bonds. The Morgan fingerprint density at radius 3 is 2.53 bits per heavy atom. The molecule has 0 aliphatic rings. The minimum absolute atomic E-state index is 0.146. The predicted octanol–water partition coefficient (Wildman–Crippen LogP) is 4.34. The number of aliphatic carboxylic acids is 1. The van der Waals surface area contributed by atoms with Gasteiger partial charge in [0.25, 0.3) is 0 Å². The maximum Gasteiger partial charge on any atom is 0.309 e. The predicted molar refractivity (Wildman–Crippen MR) is 76.0 cm³/mol.